The Labute approximate surface area is 103 Å². The van der Waals surface area contributed by atoms with Gasteiger partial charge in [-0.15, -0.1) is 0 Å². The highest BCUT2D eigenvalue weighted by Gasteiger charge is 2.14. The molecule has 1 amide bonds. The zero-order valence-electron chi connectivity index (χ0n) is 9.25. The van der Waals surface area contributed by atoms with E-state index in [1.807, 2.05) is 13.8 Å². The van der Waals surface area contributed by atoms with E-state index in [-0.39, 0.29) is 11.7 Å². The van der Waals surface area contributed by atoms with Gasteiger partial charge in [-0.3, -0.25) is 4.79 Å². The number of hydrogen-bond acceptors (Lipinski definition) is 3. The number of phenolic OH excluding ortho intramolecular Hbond substituents is 1. The molecule has 1 aromatic rings. The maximum Gasteiger partial charge on any atom is 0.251 e. The molecular formula is C11H15BrN2O2. The molecule has 1 aromatic carbocycles. The smallest absolute Gasteiger partial charge is 0.251 e. The van der Waals surface area contributed by atoms with Gasteiger partial charge >= 0.3 is 0 Å². The maximum absolute atomic E-state index is 11.7. The molecule has 4 N–H and O–H groups in total. The Balaban J connectivity index is 2.70. The standard InChI is InChI=1S/C11H15BrN2O2/c1-11(2,13)6-14-10(16)7-3-4-8(12)9(15)5-7/h3-5,15H,6,13H2,1-2H3,(H,14,16). The van der Waals surface area contributed by atoms with Crippen molar-refractivity contribution in [2.75, 3.05) is 6.54 Å². The van der Waals surface area contributed by atoms with E-state index in [1.165, 1.54) is 6.07 Å². The topological polar surface area (TPSA) is 75.3 Å². The number of halogens is 1. The molecule has 88 valence electrons. The Hall–Kier alpha value is -1.07. The monoisotopic (exact) mass is 286 g/mol. The maximum atomic E-state index is 11.7. The van der Waals surface area contributed by atoms with Crippen molar-refractivity contribution in [3.8, 4) is 5.75 Å². The second-order valence-electron chi connectivity index (χ2n) is 4.34. The molecule has 0 aliphatic rings. The van der Waals surface area contributed by atoms with Crippen LogP contribution in [0.15, 0.2) is 22.7 Å². The summed E-state index contributed by atoms with van der Waals surface area (Å²) >= 11 is 3.15. The minimum absolute atomic E-state index is 0.0414. The van der Waals surface area contributed by atoms with Crippen molar-refractivity contribution in [1.82, 2.24) is 5.32 Å². The van der Waals surface area contributed by atoms with Crippen LogP contribution < -0.4 is 11.1 Å². The Kier molecular flexibility index (Phi) is 3.93. The van der Waals surface area contributed by atoms with Gasteiger partial charge in [-0.25, -0.2) is 0 Å². The van der Waals surface area contributed by atoms with Gasteiger partial charge in [-0.05, 0) is 48.0 Å². The van der Waals surface area contributed by atoms with Gasteiger partial charge < -0.3 is 16.2 Å². The number of nitrogens with one attached hydrogen (secondary N) is 1. The summed E-state index contributed by atoms with van der Waals surface area (Å²) in [4.78, 5) is 11.7. The first-order chi connectivity index (χ1) is 7.29. The summed E-state index contributed by atoms with van der Waals surface area (Å²) in [6.45, 7) is 4.03. The molecule has 0 saturated heterocycles. The fourth-order valence-electron chi connectivity index (χ4n) is 1.06. The molecule has 5 heteroatoms. The number of nitrogens with two attached hydrogens (primary N) is 1. The third-order valence-corrected chi connectivity index (χ3v) is 2.58. The van der Waals surface area contributed by atoms with Crippen LogP contribution in [0, 0.1) is 0 Å². The predicted octanol–water partition coefficient (Wildman–Crippen LogP) is 1.62. The number of amides is 1. The Bertz CT molecular complexity index is 399. The van der Waals surface area contributed by atoms with Crippen molar-refractivity contribution < 1.29 is 9.90 Å². The number of aromatic hydroxyl groups is 1. The lowest BCUT2D eigenvalue weighted by molar-refractivity contribution is 0.0945. The van der Waals surface area contributed by atoms with Gasteiger partial charge in [0, 0.05) is 17.6 Å². The predicted molar refractivity (Wildman–Crippen MR) is 66.4 cm³/mol. The highest BCUT2D eigenvalue weighted by molar-refractivity contribution is 9.10. The SMILES string of the molecule is CC(C)(N)CNC(=O)c1ccc(Br)c(O)c1. The Morgan fingerprint density at radius 2 is 2.19 bits per heavy atom. The molecule has 0 aliphatic carbocycles. The molecule has 4 nitrogen and oxygen atoms in total. The van der Waals surface area contributed by atoms with Gasteiger partial charge in [0.2, 0.25) is 0 Å². The summed E-state index contributed by atoms with van der Waals surface area (Å²) in [5.41, 5.74) is 5.70. The molecular weight excluding hydrogens is 272 g/mol. The molecule has 0 spiro atoms. The first-order valence-corrected chi connectivity index (χ1v) is 5.64. The highest BCUT2D eigenvalue weighted by Crippen LogP contribution is 2.24. The molecule has 0 aliphatic heterocycles. The Morgan fingerprint density at radius 3 is 2.69 bits per heavy atom. The summed E-state index contributed by atoms with van der Waals surface area (Å²) in [5, 5.41) is 12.1. The van der Waals surface area contributed by atoms with E-state index in [0.29, 0.717) is 16.6 Å². The van der Waals surface area contributed by atoms with E-state index in [1.54, 1.807) is 12.1 Å². The number of hydrogen-bond donors (Lipinski definition) is 3. The van der Waals surface area contributed by atoms with Crippen molar-refractivity contribution in [3.63, 3.8) is 0 Å². The summed E-state index contributed by atoms with van der Waals surface area (Å²) in [5.74, 6) is -0.207. The van der Waals surface area contributed by atoms with Crippen molar-refractivity contribution in [2.24, 2.45) is 5.73 Å². The quantitative estimate of drug-likeness (QED) is 0.790. The second kappa shape index (κ2) is 4.84. The van der Waals surface area contributed by atoms with E-state index >= 15 is 0 Å². The number of benzene rings is 1. The lowest BCUT2D eigenvalue weighted by atomic mass is 10.1. The average Bonchev–Trinajstić information content (AvgIpc) is 2.17. The number of rotatable bonds is 3. The summed E-state index contributed by atoms with van der Waals surface area (Å²) < 4.78 is 0.559. The number of carbonyl (C=O) groups is 1. The zero-order valence-corrected chi connectivity index (χ0v) is 10.8. The minimum atomic E-state index is -0.451. The van der Waals surface area contributed by atoms with Gasteiger partial charge in [0.15, 0.2) is 0 Å². The molecule has 0 unspecified atom stereocenters. The largest absolute Gasteiger partial charge is 0.507 e. The van der Waals surface area contributed by atoms with Gasteiger partial charge in [0.1, 0.15) is 5.75 Å². The van der Waals surface area contributed by atoms with E-state index in [0.717, 1.165) is 0 Å². The van der Waals surface area contributed by atoms with Crippen molar-refractivity contribution >= 4 is 21.8 Å². The first kappa shape index (κ1) is 13.0. The van der Waals surface area contributed by atoms with Crippen LogP contribution in [0.1, 0.15) is 24.2 Å². The first-order valence-electron chi connectivity index (χ1n) is 4.85. The van der Waals surface area contributed by atoms with E-state index in [2.05, 4.69) is 21.2 Å². The van der Waals surface area contributed by atoms with Crippen LogP contribution in [-0.4, -0.2) is 23.1 Å². The summed E-state index contributed by atoms with van der Waals surface area (Å²) in [6.07, 6.45) is 0. The van der Waals surface area contributed by atoms with Crippen LogP contribution in [0.2, 0.25) is 0 Å². The fraction of sp³-hybridized carbons (Fsp3) is 0.364. The van der Waals surface area contributed by atoms with Crippen molar-refractivity contribution in [2.45, 2.75) is 19.4 Å². The third-order valence-electron chi connectivity index (χ3n) is 1.91. The van der Waals surface area contributed by atoms with Crippen molar-refractivity contribution in [3.05, 3.63) is 28.2 Å². The van der Waals surface area contributed by atoms with Crippen LogP contribution in [0.5, 0.6) is 5.75 Å². The zero-order chi connectivity index (χ0) is 12.3. The molecule has 0 atom stereocenters. The third kappa shape index (κ3) is 3.83. The lowest BCUT2D eigenvalue weighted by Crippen LogP contribution is -2.45. The van der Waals surface area contributed by atoms with Crippen LogP contribution >= 0.6 is 15.9 Å². The Morgan fingerprint density at radius 1 is 1.56 bits per heavy atom. The molecule has 0 heterocycles. The van der Waals surface area contributed by atoms with Crippen LogP contribution in [0.25, 0.3) is 0 Å². The van der Waals surface area contributed by atoms with Gasteiger partial charge in [0.25, 0.3) is 5.91 Å². The van der Waals surface area contributed by atoms with Gasteiger partial charge in [0.05, 0.1) is 4.47 Å². The van der Waals surface area contributed by atoms with Crippen LogP contribution in [-0.2, 0) is 0 Å². The van der Waals surface area contributed by atoms with E-state index in [9.17, 15) is 9.90 Å². The van der Waals surface area contributed by atoms with Gasteiger partial charge in [-0.2, -0.15) is 0 Å². The summed E-state index contributed by atoms with van der Waals surface area (Å²) in [6, 6.07) is 4.66. The molecule has 0 radical (unpaired) electrons. The van der Waals surface area contributed by atoms with E-state index in [4.69, 9.17) is 5.73 Å². The molecule has 0 saturated carbocycles. The van der Waals surface area contributed by atoms with Crippen molar-refractivity contribution in [1.29, 1.82) is 0 Å². The normalized spacial score (nSPS) is 11.2. The lowest BCUT2D eigenvalue weighted by Gasteiger charge is -2.18. The second-order valence-corrected chi connectivity index (χ2v) is 5.19. The van der Waals surface area contributed by atoms with E-state index < -0.39 is 5.54 Å². The van der Waals surface area contributed by atoms with Crippen LogP contribution in [0.4, 0.5) is 0 Å². The van der Waals surface area contributed by atoms with Gasteiger partial charge in [-0.1, -0.05) is 0 Å². The molecule has 1 rings (SSSR count). The molecule has 0 bridgehead atoms. The fourth-order valence-corrected chi connectivity index (χ4v) is 1.31. The molecule has 0 aromatic heterocycles. The van der Waals surface area contributed by atoms with Crippen LogP contribution in [0.3, 0.4) is 0 Å². The minimum Gasteiger partial charge on any atom is -0.507 e. The summed E-state index contributed by atoms with van der Waals surface area (Å²) in [7, 11) is 0. The average molecular weight is 287 g/mol. The molecule has 16 heavy (non-hydrogen) atoms. The number of phenols is 1. The number of carbonyl (C=O) groups excluding carboxylic acids is 1. The molecule has 0 fully saturated rings. The highest BCUT2D eigenvalue weighted by atomic mass is 79.9.